The molecule has 2 nitrogen and oxygen atoms in total. The van der Waals surface area contributed by atoms with Gasteiger partial charge in [0.1, 0.15) is 0 Å². The number of ether oxygens (including phenoxy) is 1. The van der Waals surface area contributed by atoms with E-state index < -0.39 is 0 Å². The Bertz CT molecular complexity index is 342. The number of hydrogen-bond donors (Lipinski definition) is 1. The minimum atomic E-state index is 0.496. The van der Waals surface area contributed by atoms with Gasteiger partial charge in [0.2, 0.25) is 0 Å². The van der Waals surface area contributed by atoms with E-state index in [4.69, 9.17) is 4.74 Å². The molecular formula is C17H27NO. The summed E-state index contributed by atoms with van der Waals surface area (Å²) in [5, 5.41) is 3.42. The van der Waals surface area contributed by atoms with Crippen LogP contribution in [0.25, 0.3) is 0 Å². The smallest absolute Gasteiger partial charge is 0.0580 e. The number of rotatable bonds is 6. The van der Waals surface area contributed by atoms with Gasteiger partial charge in [-0.15, -0.1) is 0 Å². The van der Waals surface area contributed by atoms with E-state index >= 15 is 0 Å². The largest absolute Gasteiger partial charge is 0.385 e. The minimum absolute atomic E-state index is 0.496. The Morgan fingerprint density at radius 2 is 1.74 bits per heavy atom. The highest BCUT2D eigenvalue weighted by molar-refractivity contribution is 5.42. The summed E-state index contributed by atoms with van der Waals surface area (Å²) in [4.78, 5) is 0. The van der Waals surface area contributed by atoms with Gasteiger partial charge in [0, 0.05) is 18.8 Å². The average molecular weight is 261 g/mol. The third-order valence-corrected chi connectivity index (χ3v) is 3.91. The second-order valence-electron chi connectivity index (χ2n) is 6.06. The van der Waals surface area contributed by atoms with E-state index in [9.17, 15) is 0 Å². The van der Waals surface area contributed by atoms with Gasteiger partial charge in [-0.2, -0.15) is 0 Å². The first-order valence-electron chi connectivity index (χ1n) is 7.64. The van der Waals surface area contributed by atoms with Crippen LogP contribution in [0, 0.1) is 11.8 Å². The van der Waals surface area contributed by atoms with Crippen LogP contribution in [0.1, 0.15) is 39.5 Å². The lowest BCUT2D eigenvalue weighted by Crippen LogP contribution is -2.26. The van der Waals surface area contributed by atoms with Gasteiger partial charge in [-0.1, -0.05) is 32.0 Å². The molecule has 1 aliphatic carbocycles. The number of anilines is 1. The lowest BCUT2D eigenvalue weighted by molar-refractivity contribution is 0.00104. The van der Waals surface area contributed by atoms with Crippen molar-refractivity contribution in [2.45, 2.75) is 45.6 Å². The molecule has 0 amide bonds. The average Bonchev–Trinajstić information content (AvgIpc) is 2.38. The van der Waals surface area contributed by atoms with Gasteiger partial charge in [-0.3, -0.25) is 0 Å². The third-order valence-electron chi connectivity index (χ3n) is 3.91. The number of para-hydroxylation sites is 1. The normalized spacial score (nSPS) is 27.2. The Hall–Kier alpha value is -1.02. The molecule has 0 aliphatic heterocycles. The van der Waals surface area contributed by atoms with Crippen molar-refractivity contribution in [3.63, 3.8) is 0 Å². The predicted octanol–water partition coefficient (Wildman–Crippen LogP) is 4.33. The van der Waals surface area contributed by atoms with Crippen molar-refractivity contribution in [3.05, 3.63) is 30.3 Å². The van der Waals surface area contributed by atoms with Crippen molar-refractivity contribution in [2.24, 2.45) is 11.8 Å². The lowest BCUT2D eigenvalue weighted by Gasteiger charge is -2.31. The molecule has 0 spiro atoms. The van der Waals surface area contributed by atoms with Crippen LogP contribution in [0.5, 0.6) is 0 Å². The fourth-order valence-corrected chi connectivity index (χ4v) is 3.12. The molecule has 0 aromatic heterocycles. The highest BCUT2D eigenvalue weighted by Crippen LogP contribution is 2.30. The van der Waals surface area contributed by atoms with Gasteiger partial charge in [-0.05, 0) is 49.7 Å². The molecule has 2 heteroatoms. The quantitative estimate of drug-likeness (QED) is 0.770. The van der Waals surface area contributed by atoms with E-state index in [2.05, 4.69) is 43.4 Å². The van der Waals surface area contributed by atoms with Crippen molar-refractivity contribution in [1.29, 1.82) is 0 Å². The Kier molecular flexibility index (Phi) is 5.71. The zero-order chi connectivity index (χ0) is 13.5. The van der Waals surface area contributed by atoms with Crippen LogP contribution in [0.4, 0.5) is 5.69 Å². The molecule has 2 unspecified atom stereocenters. The van der Waals surface area contributed by atoms with Crippen LogP contribution in [-0.2, 0) is 4.74 Å². The van der Waals surface area contributed by atoms with Crippen LogP contribution < -0.4 is 5.32 Å². The molecule has 2 atom stereocenters. The number of hydrogen-bond acceptors (Lipinski definition) is 2. The van der Waals surface area contributed by atoms with E-state index in [1.807, 2.05) is 6.07 Å². The van der Waals surface area contributed by atoms with Gasteiger partial charge in [-0.25, -0.2) is 0 Å². The molecular weight excluding hydrogens is 234 g/mol. The highest BCUT2D eigenvalue weighted by Gasteiger charge is 2.23. The molecule has 1 N–H and O–H groups in total. The van der Waals surface area contributed by atoms with E-state index in [0.29, 0.717) is 6.10 Å². The fourth-order valence-electron chi connectivity index (χ4n) is 3.12. The molecule has 2 rings (SSSR count). The van der Waals surface area contributed by atoms with Crippen molar-refractivity contribution in [1.82, 2.24) is 0 Å². The monoisotopic (exact) mass is 261 g/mol. The summed E-state index contributed by atoms with van der Waals surface area (Å²) < 4.78 is 6.02. The Morgan fingerprint density at radius 1 is 1.05 bits per heavy atom. The molecule has 19 heavy (non-hydrogen) atoms. The van der Waals surface area contributed by atoms with E-state index in [-0.39, 0.29) is 0 Å². The van der Waals surface area contributed by atoms with Gasteiger partial charge in [0.15, 0.2) is 0 Å². The predicted molar refractivity (Wildman–Crippen MR) is 81.5 cm³/mol. The molecule has 1 aromatic rings. The first-order valence-corrected chi connectivity index (χ1v) is 7.64. The molecule has 106 valence electrons. The number of benzene rings is 1. The second-order valence-corrected chi connectivity index (χ2v) is 6.06. The first-order chi connectivity index (χ1) is 9.24. The van der Waals surface area contributed by atoms with Crippen LogP contribution in [0.15, 0.2) is 30.3 Å². The van der Waals surface area contributed by atoms with Crippen LogP contribution >= 0.6 is 0 Å². The molecule has 1 fully saturated rings. The maximum absolute atomic E-state index is 6.02. The Labute approximate surface area is 117 Å². The van der Waals surface area contributed by atoms with Crippen molar-refractivity contribution < 1.29 is 4.74 Å². The SMILES string of the molecule is CC1CC(C)CC(OCCCNc2ccccc2)C1. The van der Waals surface area contributed by atoms with E-state index in [0.717, 1.165) is 31.4 Å². The Balaban J connectivity index is 1.57. The van der Waals surface area contributed by atoms with E-state index in [1.165, 1.54) is 24.9 Å². The summed E-state index contributed by atoms with van der Waals surface area (Å²) >= 11 is 0. The summed E-state index contributed by atoms with van der Waals surface area (Å²) in [5.41, 5.74) is 1.20. The van der Waals surface area contributed by atoms with Crippen molar-refractivity contribution in [3.8, 4) is 0 Å². The summed E-state index contributed by atoms with van der Waals surface area (Å²) in [5.74, 6) is 1.66. The first kappa shape index (κ1) is 14.4. The molecule has 0 bridgehead atoms. The third kappa shape index (κ3) is 5.23. The summed E-state index contributed by atoms with van der Waals surface area (Å²) in [7, 11) is 0. The van der Waals surface area contributed by atoms with Crippen LogP contribution in [-0.4, -0.2) is 19.3 Å². The highest BCUT2D eigenvalue weighted by atomic mass is 16.5. The van der Waals surface area contributed by atoms with Crippen molar-refractivity contribution >= 4 is 5.69 Å². The summed E-state index contributed by atoms with van der Waals surface area (Å²) in [6.07, 6.45) is 5.44. The van der Waals surface area contributed by atoms with Gasteiger partial charge >= 0.3 is 0 Å². The minimum Gasteiger partial charge on any atom is -0.385 e. The van der Waals surface area contributed by atoms with Gasteiger partial charge in [0.25, 0.3) is 0 Å². The van der Waals surface area contributed by atoms with Crippen LogP contribution in [0.3, 0.4) is 0 Å². The lowest BCUT2D eigenvalue weighted by atomic mass is 9.82. The molecule has 0 radical (unpaired) electrons. The number of nitrogens with one attached hydrogen (secondary N) is 1. The molecule has 1 saturated carbocycles. The molecule has 1 aliphatic rings. The fraction of sp³-hybridized carbons (Fsp3) is 0.647. The van der Waals surface area contributed by atoms with Gasteiger partial charge in [0.05, 0.1) is 6.10 Å². The van der Waals surface area contributed by atoms with Crippen LogP contribution in [0.2, 0.25) is 0 Å². The maximum Gasteiger partial charge on any atom is 0.0580 e. The standard InChI is InChI=1S/C17H27NO/c1-14-11-15(2)13-17(12-14)19-10-6-9-18-16-7-4-3-5-8-16/h3-5,7-8,14-15,17-18H,6,9-13H2,1-2H3. The Morgan fingerprint density at radius 3 is 2.42 bits per heavy atom. The van der Waals surface area contributed by atoms with E-state index in [1.54, 1.807) is 0 Å². The van der Waals surface area contributed by atoms with Gasteiger partial charge < -0.3 is 10.1 Å². The summed E-state index contributed by atoms with van der Waals surface area (Å²) in [6, 6.07) is 10.4. The zero-order valence-electron chi connectivity index (χ0n) is 12.3. The van der Waals surface area contributed by atoms with Crippen molar-refractivity contribution in [2.75, 3.05) is 18.5 Å². The second kappa shape index (κ2) is 7.54. The maximum atomic E-state index is 6.02. The topological polar surface area (TPSA) is 21.3 Å². The zero-order valence-corrected chi connectivity index (χ0v) is 12.3. The molecule has 0 heterocycles. The molecule has 0 saturated heterocycles. The summed E-state index contributed by atoms with van der Waals surface area (Å²) in [6.45, 7) is 6.57. The molecule has 1 aromatic carbocycles.